The van der Waals surface area contributed by atoms with Gasteiger partial charge in [0.25, 0.3) is 0 Å². The molecule has 240 valence electrons. The van der Waals surface area contributed by atoms with Crippen LogP contribution in [-0.4, -0.2) is 9.13 Å². The molecule has 3 heteroatoms. The second kappa shape index (κ2) is 11.7. The maximum absolute atomic E-state index is 15.2. The van der Waals surface area contributed by atoms with Crippen molar-refractivity contribution in [2.45, 2.75) is 0 Å². The number of para-hydroxylation sites is 3. The van der Waals surface area contributed by atoms with Crippen molar-refractivity contribution in [3.8, 4) is 44.8 Å². The van der Waals surface area contributed by atoms with E-state index in [1.54, 1.807) is 6.07 Å². The van der Waals surface area contributed by atoms with Crippen LogP contribution in [0.2, 0.25) is 0 Å². The average Bonchev–Trinajstić information content (AvgIpc) is 3.70. The third-order valence-electron chi connectivity index (χ3n) is 10.2. The molecule has 10 aromatic rings. The molecule has 0 aliphatic heterocycles. The molecule has 2 aromatic heterocycles. The van der Waals surface area contributed by atoms with E-state index in [1.807, 2.05) is 22.8 Å². The Morgan fingerprint density at radius 1 is 0.294 bits per heavy atom. The smallest absolute Gasteiger partial charge is 0.147 e. The highest BCUT2D eigenvalue weighted by molar-refractivity contribution is 6.13. The number of hydrogen-bond acceptors (Lipinski definition) is 0. The molecule has 0 aliphatic carbocycles. The summed E-state index contributed by atoms with van der Waals surface area (Å²) in [5, 5.41) is 4.60. The van der Waals surface area contributed by atoms with Gasteiger partial charge < -0.3 is 9.13 Å². The van der Waals surface area contributed by atoms with E-state index >= 15 is 4.39 Å². The van der Waals surface area contributed by atoms with Crippen molar-refractivity contribution < 1.29 is 4.39 Å². The van der Waals surface area contributed by atoms with Gasteiger partial charge in [0.15, 0.2) is 0 Å². The lowest BCUT2D eigenvalue weighted by Crippen LogP contribution is -1.98. The summed E-state index contributed by atoms with van der Waals surface area (Å²) >= 11 is 0. The van der Waals surface area contributed by atoms with Gasteiger partial charge in [0.05, 0.1) is 33.4 Å². The largest absolute Gasteiger partial charge is 0.309 e. The number of rotatable bonds is 5. The van der Waals surface area contributed by atoms with Gasteiger partial charge >= 0.3 is 0 Å². The van der Waals surface area contributed by atoms with Gasteiger partial charge in [-0.15, -0.1) is 0 Å². The molecule has 0 radical (unpaired) electrons. The molecule has 0 unspecified atom stereocenters. The van der Waals surface area contributed by atoms with E-state index in [0.29, 0.717) is 5.69 Å². The van der Waals surface area contributed by atoms with Crippen LogP contribution in [0.5, 0.6) is 0 Å². The Morgan fingerprint density at radius 2 is 0.745 bits per heavy atom. The molecule has 51 heavy (non-hydrogen) atoms. The lowest BCUT2D eigenvalue weighted by molar-refractivity contribution is 0.621. The highest BCUT2D eigenvalue weighted by Gasteiger charge is 2.19. The van der Waals surface area contributed by atoms with Gasteiger partial charge in [-0.25, -0.2) is 4.39 Å². The van der Waals surface area contributed by atoms with E-state index in [4.69, 9.17) is 0 Å². The van der Waals surface area contributed by atoms with Crippen molar-refractivity contribution in [1.82, 2.24) is 9.13 Å². The first-order valence-electron chi connectivity index (χ1n) is 17.3. The second-order valence-electron chi connectivity index (χ2n) is 13.1. The summed E-state index contributed by atoms with van der Waals surface area (Å²) in [4.78, 5) is 0. The second-order valence-corrected chi connectivity index (χ2v) is 13.1. The summed E-state index contributed by atoms with van der Waals surface area (Å²) in [6, 6.07) is 65.4. The van der Waals surface area contributed by atoms with Crippen molar-refractivity contribution >= 4 is 43.6 Å². The Morgan fingerprint density at radius 3 is 1.35 bits per heavy atom. The number of hydrogen-bond donors (Lipinski definition) is 0. The monoisotopic (exact) mass is 654 g/mol. The van der Waals surface area contributed by atoms with Crippen LogP contribution in [0.3, 0.4) is 0 Å². The predicted octanol–water partition coefficient (Wildman–Crippen LogP) is 13.0. The highest BCUT2D eigenvalue weighted by atomic mass is 19.1. The fourth-order valence-electron chi connectivity index (χ4n) is 7.85. The third kappa shape index (κ3) is 4.70. The van der Waals surface area contributed by atoms with Gasteiger partial charge in [-0.3, -0.25) is 0 Å². The van der Waals surface area contributed by atoms with Crippen LogP contribution in [0.15, 0.2) is 188 Å². The number of fused-ring (bicyclic) bond motifs is 6. The topological polar surface area (TPSA) is 9.86 Å². The molecule has 8 aromatic carbocycles. The minimum Gasteiger partial charge on any atom is -0.309 e. The maximum Gasteiger partial charge on any atom is 0.147 e. The van der Waals surface area contributed by atoms with Gasteiger partial charge in [-0.1, -0.05) is 133 Å². The van der Waals surface area contributed by atoms with Crippen LogP contribution in [-0.2, 0) is 0 Å². The van der Waals surface area contributed by atoms with E-state index in [9.17, 15) is 0 Å². The van der Waals surface area contributed by atoms with E-state index in [-0.39, 0.29) is 5.82 Å². The minimum atomic E-state index is -0.240. The lowest BCUT2D eigenvalue weighted by atomic mass is 9.98. The number of halogens is 1. The van der Waals surface area contributed by atoms with Crippen molar-refractivity contribution in [1.29, 1.82) is 0 Å². The van der Waals surface area contributed by atoms with Crippen LogP contribution in [0, 0.1) is 5.82 Å². The van der Waals surface area contributed by atoms with Gasteiger partial charge in [-0.05, 0) is 82.4 Å². The molecule has 0 saturated carbocycles. The Kier molecular flexibility index (Phi) is 6.71. The molecule has 0 saturated heterocycles. The van der Waals surface area contributed by atoms with Gasteiger partial charge in [0, 0.05) is 27.1 Å². The molecule has 0 spiro atoms. The number of nitrogens with zero attached hydrogens (tertiary/aromatic N) is 2. The molecule has 2 heterocycles. The Balaban J connectivity index is 1.19. The van der Waals surface area contributed by atoms with Crippen molar-refractivity contribution in [2.24, 2.45) is 0 Å². The summed E-state index contributed by atoms with van der Waals surface area (Å²) in [7, 11) is 0. The summed E-state index contributed by atoms with van der Waals surface area (Å²) < 4.78 is 19.6. The third-order valence-corrected chi connectivity index (χ3v) is 10.2. The zero-order chi connectivity index (χ0) is 33.9. The van der Waals surface area contributed by atoms with Gasteiger partial charge in [0.2, 0.25) is 0 Å². The molecule has 10 rings (SSSR count). The first-order chi connectivity index (χ1) is 25.2. The van der Waals surface area contributed by atoms with Crippen molar-refractivity contribution in [3.05, 3.63) is 194 Å². The average molecular weight is 655 g/mol. The lowest BCUT2D eigenvalue weighted by Gasteiger charge is -2.16. The number of aromatic nitrogens is 2. The number of benzene rings is 8. The predicted molar refractivity (Wildman–Crippen MR) is 211 cm³/mol. The highest BCUT2D eigenvalue weighted by Crippen LogP contribution is 2.41. The molecule has 0 aliphatic rings. The molecular weight excluding hydrogens is 624 g/mol. The SMILES string of the molecule is Fc1ccccc1-n1c2ccccc2c2cc(-c3ccc4c(c3)c3ccccc3n4-c3cc(-c4ccccc4)ccc3-c3ccccc3)ccc21. The summed E-state index contributed by atoms with van der Waals surface area (Å²) in [5.41, 5.74) is 13.0. The van der Waals surface area contributed by atoms with Crippen LogP contribution in [0.4, 0.5) is 4.39 Å². The zero-order valence-electron chi connectivity index (χ0n) is 27.7. The summed E-state index contributed by atoms with van der Waals surface area (Å²) in [5.74, 6) is -0.240. The molecule has 0 bridgehead atoms. The molecule has 0 N–H and O–H groups in total. The molecule has 0 fully saturated rings. The fraction of sp³-hybridized carbons (Fsp3) is 0. The molecular formula is C48H31FN2. The molecule has 0 amide bonds. The minimum absolute atomic E-state index is 0.240. The Hall–Kier alpha value is -6.71. The van der Waals surface area contributed by atoms with Crippen LogP contribution >= 0.6 is 0 Å². The zero-order valence-corrected chi connectivity index (χ0v) is 27.7. The van der Waals surface area contributed by atoms with Crippen LogP contribution in [0.1, 0.15) is 0 Å². The first kappa shape index (κ1) is 29.2. The van der Waals surface area contributed by atoms with E-state index in [0.717, 1.165) is 49.7 Å². The van der Waals surface area contributed by atoms with Crippen molar-refractivity contribution in [3.63, 3.8) is 0 Å². The first-order valence-corrected chi connectivity index (χ1v) is 17.3. The van der Waals surface area contributed by atoms with E-state index in [2.05, 4.69) is 162 Å². The van der Waals surface area contributed by atoms with E-state index < -0.39 is 0 Å². The van der Waals surface area contributed by atoms with Gasteiger partial charge in [0.1, 0.15) is 5.82 Å². The summed E-state index contributed by atoms with van der Waals surface area (Å²) in [6.45, 7) is 0. The van der Waals surface area contributed by atoms with Crippen LogP contribution < -0.4 is 0 Å². The Bertz CT molecular complexity index is 2920. The maximum atomic E-state index is 15.2. The normalized spacial score (nSPS) is 11.6. The van der Waals surface area contributed by atoms with Gasteiger partial charge in [-0.2, -0.15) is 0 Å². The van der Waals surface area contributed by atoms with E-state index in [1.165, 1.54) is 39.1 Å². The van der Waals surface area contributed by atoms with Crippen LogP contribution in [0.25, 0.3) is 88.4 Å². The quantitative estimate of drug-likeness (QED) is 0.175. The fourth-order valence-corrected chi connectivity index (χ4v) is 7.85. The molecule has 0 atom stereocenters. The molecule has 2 nitrogen and oxygen atoms in total. The summed E-state index contributed by atoms with van der Waals surface area (Å²) in [6.07, 6.45) is 0. The Labute approximate surface area is 294 Å². The standard InChI is InChI=1S/C48H31FN2/c49-42-19-9-12-22-47(42)50-43-20-10-7-17-38(43)40-29-34(24-27-45(40)50)35-25-28-46-41(30-35)39-18-8-11-21-44(39)51(46)48-31-36(32-13-3-1-4-14-32)23-26-37(48)33-15-5-2-6-16-33/h1-31H. The van der Waals surface area contributed by atoms with Crippen molar-refractivity contribution in [2.75, 3.05) is 0 Å².